The summed E-state index contributed by atoms with van der Waals surface area (Å²) in [4.78, 5) is 38.7. The maximum atomic E-state index is 12.6. The number of carboxylic acids is 1. The summed E-state index contributed by atoms with van der Waals surface area (Å²) < 4.78 is 5.34. The summed E-state index contributed by atoms with van der Waals surface area (Å²) in [7, 11) is 0. The minimum Gasteiger partial charge on any atom is -0.482 e. The number of benzene rings is 1. The molecule has 2 aliphatic rings. The van der Waals surface area contributed by atoms with E-state index in [-0.39, 0.29) is 25.0 Å². The van der Waals surface area contributed by atoms with Crippen molar-refractivity contribution in [2.75, 3.05) is 24.6 Å². The standard InChI is InChI=1S/C16H18N2O5/c19-14(17-8-4-3-6-12(17)16(21)22)9-18-11-5-1-2-7-13(11)23-10-15(18)20/h1-2,5,7,12H,3-4,6,8-10H2,(H,21,22)/t12-/m1/s1. The van der Waals surface area contributed by atoms with Gasteiger partial charge in [-0.2, -0.15) is 0 Å². The Kier molecular flexibility index (Phi) is 4.18. The van der Waals surface area contributed by atoms with Gasteiger partial charge in [0, 0.05) is 6.54 Å². The minimum atomic E-state index is -0.994. The van der Waals surface area contributed by atoms with Gasteiger partial charge in [0.1, 0.15) is 18.3 Å². The van der Waals surface area contributed by atoms with Gasteiger partial charge in [0.2, 0.25) is 5.91 Å². The van der Waals surface area contributed by atoms with Crippen molar-refractivity contribution in [2.45, 2.75) is 25.3 Å². The molecule has 0 unspecified atom stereocenters. The number of nitrogens with zero attached hydrogens (tertiary/aromatic N) is 2. The molecule has 2 amide bonds. The molecule has 7 nitrogen and oxygen atoms in total. The number of ether oxygens (including phenoxy) is 1. The lowest BCUT2D eigenvalue weighted by molar-refractivity contribution is -0.151. The molecule has 1 N–H and O–H groups in total. The van der Waals surface area contributed by atoms with Crippen LogP contribution < -0.4 is 9.64 Å². The number of carboxylic acid groups (broad SMARTS) is 1. The van der Waals surface area contributed by atoms with Crippen LogP contribution in [0.3, 0.4) is 0 Å². The average Bonchev–Trinajstić information content (AvgIpc) is 2.57. The number of rotatable bonds is 3. The van der Waals surface area contributed by atoms with Crippen LogP contribution in [0.4, 0.5) is 5.69 Å². The van der Waals surface area contributed by atoms with E-state index in [2.05, 4.69) is 0 Å². The van der Waals surface area contributed by atoms with Gasteiger partial charge < -0.3 is 14.7 Å². The van der Waals surface area contributed by atoms with Crippen molar-refractivity contribution >= 4 is 23.5 Å². The monoisotopic (exact) mass is 318 g/mol. The predicted molar refractivity (Wildman–Crippen MR) is 81.3 cm³/mol. The lowest BCUT2D eigenvalue weighted by Gasteiger charge is -2.35. The molecular weight excluding hydrogens is 300 g/mol. The maximum absolute atomic E-state index is 12.6. The largest absolute Gasteiger partial charge is 0.482 e. The summed E-state index contributed by atoms with van der Waals surface area (Å²) in [6.07, 6.45) is 2.03. The Morgan fingerprint density at radius 3 is 2.83 bits per heavy atom. The minimum absolute atomic E-state index is 0.118. The number of para-hydroxylation sites is 2. The molecule has 7 heteroatoms. The number of carbonyl (C=O) groups is 3. The van der Waals surface area contributed by atoms with Crippen molar-refractivity contribution in [3.05, 3.63) is 24.3 Å². The van der Waals surface area contributed by atoms with Gasteiger partial charge in [0.25, 0.3) is 5.91 Å². The summed E-state index contributed by atoms with van der Waals surface area (Å²) in [5.74, 6) is -1.09. The van der Waals surface area contributed by atoms with Crippen molar-refractivity contribution in [1.82, 2.24) is 4.90 Å². The number of piperidine rings is 1. The zero-order chi connectivity index (χ0) is 16.4. The lowest BCUT2D eigenvalue weighted by atomic mass is 10.0. The molecule has 2 heterocycles. The van der Waals surface area contributed by atoms with Crippen LogP contribution in [-0.2, 0) is 14.4 Å². The van der Waals surface area contributed by atoms with Gasteiger partial charge in [-0.3, -0.25) is 14.5 Å². The molecule has 1 aromatic rings. The second kappa shape index (κ2) is 6.28. The molecule has 1 fully saturated rings. The molecule has 0 aliphatic carbocycles. The van der Waals surface area contributed by atoms with E-state index in [4.69, 9.17) is 4.74 Å². The van der Waals surface area contributed by atoms with Gasteiger partial charge in [-0.05, 0) is 31.4 Å². The number of carbonyl (C=O) groups excluding carboxylic acids is 2. The molecule has 0 spiro atoms. The van der Waals surface area contributed by atoms with E-state index in [0.717, 1.165) is 12.8 Å². The molecule has 3 rings (SSSR count). The molecule has 1 saturated heterocycles. The first-order chi connectivity index (χ1) is 11.1. The third kappa shape index (κ3) is 2.99. The number of hydrogen-bond donors (Lipinski definition) is 1. The summed E-state index contributed by atoms with van der Waals surface area (Å²) in [6, 6.07) is 6.20. The highest BCUT2D eigenvalue weighted by atomic mass is 16.5. The van der Waals surface area contributed by atoms with Gasteiger partial charge in [-0.15, -0.1) is 0 Å². The van der Waals surface area contributed by atoms with Crippen molar-refractivity contribution in [3.8, 4) is 5.75 Å². The maximum Gasteiger partial charge on any atom is 0.326 e. The Bertz CT molecular complexity index is 645. The van der Waals surface area contributed by atoms with Gasteiger partial charge >= 0.3 is 5.97 Å². The Hall–Kier alpha value is -2.57. The van der Waals surface area contributed by atoms with Crippen LogP contribution in [0.15, 0.2) is 24.3 Å². The topological polar surface area (TPSA) is 87.2 Å². The number of fused-ring (bicyclic) bond motifs is 1. The van der Waals surface area contributed by atoms with E-state index >= 15 is 0 Å². The fraction of sp³-hybridized carbons (Fsp3) is 0.438. The van der Waals surface area contributed by atoms with Crippen molar-refractivity contribution in [2.24, 2.45) is 0 Å². The Balaban J connectivity index is 1.79. The molecule has 2 aliphatic heterocycles. The normalized spacial score (nSPS) is 20.7. The summed E-state index contributed by atoms with van der Waals surface area (Å²) in [6.45, 7) is 0.131. The smallest absolute Gasteiger partial charge is 0.326 e. The first kappa shape index (κ1) is 15.3. The van der Waals surface area contributed by atoms with Crippen LogP contribution >= 0.6 is 0 Å². The molecule has 0 bridgehead atoms. The Labute approximate surface area is 133 Å². The third-order valence-corrected chi connectivity index (χ3v) is 4.21. The van der Waals surface area contributed by atoms with Crippen LogP contribution in [0.5, 0.6) is 5.75 Å². The predicted octanol–water partition coefficient (Wildman–Crippen LogP) is 0.878. The summed E-state index contributed by atoms with van der Waals surface area (Å²) in [5.41, 5.74) is 0.543. The molecular formula is C16H18N2O5. The number of hydrogen-bond acceptors (Lipinski definition) is 4. The van der Waals surface area contributed by atoms with Crippen LogP contribution in [0, 0.1) is 0 Å². The summed E-state index contributed by atoms with van der Waals surface area (Å²) >= 11 is 0. The zero-order valence-corrected chi connectivity index (χ0v) is 12.6. The van der Waals surface area contributed by atoms with E-state index in [1.165, 1.54) is 9.80 Å². The SMILES string of the molecule is O=C(O)[C@H]1CCCCN1C(=O)CN1C(=O)COc2ccccc21. The third-order valence-electron chi connectivity index (χ3n) is 4.21. The van der Waals surface area contributed by atoms with Crippen LogP contribution in [-0.4, -0.2) is 53.5 Å². The van der Waals surface area contributed by atoms with Crippen LogP contribution in [0.25, 0.3) is 0 Å². The number of aliphatic carboxylic acids is 1. The van der Waals surface area contributed by atoms with Crippen molar-refractivity contribution in [1.29, 1.82) is 0 Å². The van der Waals surface area contributed by atoms with E-state index in [0.29, 0.717) is 24.4 Å². The molecule has 1 atom stereocenters. The fourth-order valence-electron chi connectivity index (χ4n) is 3.04. The lowest BCUT2D eigenvalue weighted by Crippen LogP contribution is -2.53. The highest BCUT2D eigenvalue weighted by molar-refractivity contribution is 6.02. The van der Waals surface area contributed by atoms with Gasteiger partial charge in [0.15, 0.2) is 6.61 Å². The molecule has 122 valence electrons. The fourth-order valence-corrected chi connectivity index (χ4v) is 3.04. The first-order valence-corrected chi connectivity index (χ1v) is 7.62. The quantitative estimate of drug-likeness (QED) is 0.894. The molecule has 1 aromatic carbocycles. The number of likely N-dealkylation sites (tertiary alicyclic amines) is 1. The highest BCUT2D eigenvalue weighted by Gasteiger charge is 2.34. The average molecular weight is 318 g/mol. The van der Waals surface area contributed by atoms with E-state index in [9.17, 15) is 19.5 Å². The first-order valence-electron chi connectivity index (χ1n) is 7.62. The van der Waals surface area contributed by atoms with Gasteiger partial charge in [-0.1, -0.05) is 12.1 Å². The van der Waals surface area contributed by atoms with Crippen LogP contribution in [0.1, 0.15) is 19.3 Å². The van der Waals surface area contributed by atoms with Crippen molar-refractivity contribution < 1.29 is 24.2 Å². The molecule has 23 heavy (non-hydrogen) atoms. The van der Waals surface area contributed by atoms with Gasteiger partial charge in [-0.25, -0.2) is 4.79 Å². The number of amides is 2. The number of anilines is 1. The molecule has 0 aromatic heterocycles. The second-order valence-electron chi connectivity index (χ2n) is 5.67. The second-order valence-corrected chi connectivity index (χ2v) is 5.67. The van der Waals surface area contributed by atoms with E-state index in [1.807, 2.05) is 0 Å². The van der Waals surface area contributed by atoms with Crippen LogP contribution in [0.2, 0.25) is 0 Å². The molecule has 0 saturated carbocycles. The Morgan fingerprint density at radius 1 is 1.26 bits per heavy atom. The summed E-state index contributed by atoms with van der Waals surface area (Å²) in [5, 5.41) is 9.28. The van der Waals surface area contributed by atoms with E-state index < -0.39 is 12.0 Å². The highest BCUT2D eigenvalue weighted by Crippen LogP contribution is 2.31. The van der Waals surface area contributed by atoms with Crippen molar-refractivity contribution in [3.63, 3.8) is 0 Å². The zero-order valence-electron chi connectivity index (χ0n) is 12.6. The van der Waals surface area contributed by atoms with E-state index in [1.54, 1.807) is 24.3 Å². The molecule has 0 radical (unpaired) electrons. The van der Waals surface area contributed by atoms with Gasteiger partial charge in [0.05, 0.1) is 5.69 Å². The Morgan fingerprint density at radius 2 is 2.04 bits per heavy atom.